The van der Waals surface area contributed by atoms with Crippen molar-refractivity contribution in [2.75, 3.05) is 218 Å². The second kappa shape index (κ2) is 58.1. The monoisotopic (exact) mass is 1560 g/mol. The van der Waals surface area contributed by atoms with Gasteiger partial charge in [-0.1, -0.05) is 47.9 Å². The van der Waals surface area contributed by atoms with E-state index in [0.717, 1.165) is 19.4 Å². The van der Waals surface area contributed by atoms with Gasteiger partial charge in [0.05, 0.1) is 198 Å². The van der Waals surface area contributed by atoms with Crippen LogP contribution in [0.1, 0.15) is 19.8 Å². The van der Waals surface area contributed by atoms with E-state index >= 15 is 0 Å². The summed E-state index contributed by atoms with van der Waals surface area (Å²) in [6, 6.07) is 0. The third-order valence-electron chi connectivity index (χ3n) is 16.3. The zero-order chi connectivity index (χ0) is 77.9. The highest BCUT2D eigenvalue weighted by molar-refractivity contribution is 4.97. The second-order valence-corrected chi connectivity index (χ2v) is 24.9. The van der Waals surface area contributed by atoms with Gasteiger partial charge in [-0.3, -0.25) is 0 Å². The van der Waals surface area contributed by atoms with Gasteiger partial charge in [0.2, 0.25) is 0 Å². The normalized spacial score (nSPS) is 32.9. The molecule has 0 aromatic heterocycles. The lowest BCUT2D eigenvalue weighted by Crippen LogP contribution is -2.62. The predicted molar refractivity (Wildman–Crippen MR) is 373 cm³/mol. The number of ether oxygens (including phenoxy) is 25. The first-order chi connectivity index (χ1) is 52.7. The molecule has 0 bridgehead atoms. The van der Waals surface area contributed by atoms with Crippen LogP contribution in [0.5, 0.6) is 0 Å². The Morgan fingerprint density at radius 1 is 0.352 bits per heavy atom. The predicted octanol–water partition coefficient (Wildman–Crippen LogP) is -1.76. The molecule has 624 valence electrons. The summed E-state index contributed by atoms with van der Waals surface area (Å²) in [6.45, 7) is 28.5. The fourth-order valence-corrected chi connectivity index (χ4v) is 10.3. The van der Waals surface area contributed by atoms with Crippen LogP contribution in [0, 0.1) is 0 Å². The Labute approximate surface area is 629 Å². The summed E-state index contributed by atoms with van der Waals surface area (Å²) in [4.78, 5) is 5.26. The van der Waals surface area contributed by atoms with Gasteiger partial charge in [0, 0.05) is 29.5 Å². The van der Waals surface area contributed by atoms with Gasteiger partial charge < -0.3 is 164 Å². The lowest BCUT2D eigenvalue weighted by molar-refractivity contribution is -0.325. The fraction of sp³-hybridized carbons (Fsp3) is 0.882. The van der Waals surface area contributed by atoms with Crippen molar-refractivity contribution >= 4 is 0 Å². The van der Waals surface area contributed by atoms with Crippen molar-refractivity contribution in [1.29, 1.82) is 0 Å². The molecule has 0 radical (unpaired) electrons. The van der Waals surface area contributed by atoms with Gasteiger partial charge in [-0.15, -0.1) is 26.3 Å². The molecule has 8 heterocycles. The van der Waals surface area contributed by atoms with E-state index in [9.17, 15) is 15.3 Å². The molecule has 8 aliphatic rings. The van der Waals surface area contributed by atoms with Crippen LogP contribution < -0.4 is 0 Å². The van der Waals surface area contributed by atoms with Crippen molar-refractivity contribution in [3.63, 3.8) is 0 Å². The minimum atomic E-state index is -1.57. The van der Waals surface area contributed by atoms with Gasteiger partial charge in [0.1, 0.15) is 122 Å². The highest BCUT2D eigenvalue weighted by Gasteiger charge is 2.52. The van der Waals surface area contributed by atoms with E-state index in [1.165, 1.54) is 0 Å². The molecular weight excluding hydrogens is 1440 g/mol. The molecule has 8 rings (SSSR count). The van der Waals surface area contributed by atoms with Gasteiger partial charge in [0.25, 0.3) is 0 Å². The molecule has 0 amide bonds. The Morgan fingerprint density at radius 2 is 0.704 bits per heavy atom. The molecule has 8 aliphatic heterocycles. The number of rotatable bonds is 58. The first-order valence-corrected chi connectivity index (χ1v) is 36.4. The smallest absolute Gasteiger partial charge is 0.187 e. The van der Waals surface area contributed by atoms with E-state index in [1.54, 1.807) is 24.3 Å². The van der Waals surface area contributed by atoms with Gasteiger partial charge in [-0.25, -0.2) is 0 Å². The average Bonchev–Trinajstić information content (AvgIpc) is 1.78. The number of aliphatic hydroxyl groups is 9. The van der Waals surface area contributed by atoms with Crippen LogP contribution in [0.2, 0.25) is 0 Å². The minimum absolute atomic E-state index is 0.0547. The molecule has 40 heteroatoms. The lowest BCUT2D eigenvalue weighted by atomic mass is 9.98. The van der Waals surface area contributed by atoms with Crippen molar-refractivity contribution < 1.29 is 164 Å². The van der Waals surface area contributed by atoms with Gasteiger partial charge >= 0.3 is 0 Å². The number of hydrogen-bond acceptors (Lipinski definition) is 36. The van der Waals surface area contributed by atoms with Gasteiger partial charge in [0.15, 0.2) is 25.2 Å². The van der Waals surface area contributed by atoms with Crippen molar-refractivity contribution in [3.8, 4) is 0 Å². The molecule has 40 nitrogen and oxygen atoms in total. The Bertz CT molecular complexity index is 2420. The van der Waals surface area contributed by atoms with E-state index in [4.69, 9.17) is 155 Å². The number of unbranched alkanes of at least 4 members (excludes halogenated alkanes) is 1. The Morgan fingerprint density at radius 3 is 1.16 bits per heavy atom. The van der Waals surface area contributed by atoms with Gasteiger partial charge in [-0.2, -0.15) is 0 Å². The summed E-state index contributed by atoms with van der Waals surface area (Å²) in [7, 11) is 0. The van der Waals surface area contributed by atoms with Crippen LogP contribution in [-0.4, -0.2) is 411 Å². The molecule has 24 atom stereocenters. The molecule has 0 spiro atoms. The van der Waals surface area contributed by atoms with Crippen molar-refractivity contribution in [2.45, 2.75) is 167 Å². The number of azide groups is 2. The zero-order valence-corrected chi connectivity index (χ0v) is 61.7. The lowest BCUT2D eigenvalue weighted by Gasteiger charge is -2.45. The van der Waals surface area contributed by atoms with Crippen LogP contribution in [0.25, 0.3) is 20.9 Å². The maximum Gasteiger partial charge on any atom is 0.187 e. The third kappa shape index (κ3) is 38.4. The molecule has 0 aromatic carbocycles. The van der Waals surface area contributed by atoms with Crippen LogP contribution in [0.15, 0.2) is 60.8 Å². The molecule has 108 heavy (non-hydrogen) atoms. The molecule has 13 unspecified atom stereocenters. The Balaban J connectivity index is 0.000000276. The van der Waals surface area contributed by atoms with Crippen LogP contribution >= 0.6 is 0 Å². The summed E-state index contributed by atoms with van der Waals surface area (Å²) < 4.78 is 142. The highest BCUT2D eigenvalue weighted by atomic mass is 16.8. The summed E-state index contributed by atoms with van der Waals surface area (Å²) in [6.07, 6.45) is -9.64. The number of hydrogen-bond donors (Lipinski definition) is 9. The summed E-state index contributed by atoms with van der Waals surface area (Å²) in [5, 5.41) is 89.3. The average molecular weight is 1560 g/mol. The maximum absolute atomic E-state index is 9.73. The first-order valence-electron chi connectivity index (χ1n) is 36.4. The number of epoxide rings is 4. The summed E-state index contributed by atoms with van der Waals surface area (Å²) in [5.74, 6) is 0. The van der Waals surface area contributed by atoms with Crippen molar-refractivity contribution in [1.82, 2.24) is 0 Å². The molecule has 8 saturated heterocycles. The quantitative estimate of drug-likeness (QED) is 0.00813. The van der Waals surface area contributed by atoms with E-state index < -0.39 is 136 Å². The number of nitrogens with zero attached hydrogens (tertiary/aromatic N) is 6. The van der Waals surface area contributed by atoms with E-state index in [0.29, 0.717) is 159 Å². The van der Waals surface area contributed by atoms with Crippen LogP contribution in [-0.2, 0) is 118 Å². The largest absolute Gasteiger partial charge is 0.394 e. The molecule has 0 saturated carbocycles. The van der Waals surface area contributed by atoms with E-state index in [2.05, 4.69) is 58.0 Å². The molecule has 8 fully saturated rings. The summed E-state index contributed by atoms with van der Waals surface area (Å²) in [5.41, 5.74) is 16.3. The topological polar surface area (TPSA) is 524 Å². The SMILES string of the molecule is C=CCOCC1O[C@@H](OCCOCCOCCCC)C(OCC=C)[C@@H](OCC=C)[C@@H]1OCC=C.OCC1OC(O)C(O)[C@@H](O)[C@@H]1O.[N-]=[N+]=NCCOCCOCCO[C@@H]1OC(CO)[C@@H](O)[C@H](O)C1O.[N-]=[N+]=NCCOCCOCCO[C@@H]1OC(COCC2CO2)[C@@H](OCC2CO2)[C@H](OCC2CO2)C1OCC1CO1. The Hall–Kier alpha value is -3.78. The third-order valence-corrected chi connectivity index (χ3v) is 16.3. The maximum atomic E-state index is 9.73. The van der Waals surface area contributed by atoms with Crippen molar-refractivity contribution in [3.05, 3.63) is 71.5 Å². The van der Waals surface area contributed by atoms with E-state index in [1.807, 2.05) is 0 Å². The molecule has 0 aromatic rings. The molecule has 9 N–H and O–H groups in total. The second-order valence-electron chi connectivity index (χ2n) is 24.9. The zero-order valence-electron chi connectivity index (χ0n) is 61.7. The standard InChI is InChI=1S/C26H44O8.C24H39N3O12.C12H23N3O8.C6H12O6/c1-6-11-16-27-17-18-28-19-20-33-26-25(32-15-10-5)24(31-14-9-4)23(30-13-8-3)22(34-26)21-29-12-7-2;25-27-26-1-2-28-3-4-29-5-6-31-24-23(38-14-19-11-35-19)22(37-13-18-10-34-18)21(36-12-17-9-33-17)20(39-24)15-30-7-16-8-32-16;13-15-14-1-2-20-3-4-21-5-6-22-12-11(19)10(18)9(17)8(7-16)23-12;7-1-2-3(8)4(9)5(10)6(11)12-2/h7-10,22-26H,2-6,11-21H2,1H3;16-24H,1-15H2;8-12,16-19H,1-7H2;2-11H,1H2/t22?,23-,24+,25?,26-;16?,17?,18?,19?,20?,21-,22+,23?,24-;8?,9-,10+,11?,12-;2?,3-,4+,5?,6?/m1111/s1. The molecular formula is C68H118N6O34. The first kappa shape index (κ1) is 94.8. The Kier molecular flexibility index (Phi) is 51.0. The van der Waals surface area contributed by atoms with Crippen molar-refractivity contribution in [2.24, 2.45) is 10.2 Å². The van der Waals surface area contributed by atoms with Crippen LogP contribution in [0.3, 0.4) is 0 Å². The minimum Gasteiger partial charge on any atom is -0.394 e. The fourth-order valence-electron chi connectivity index (χ4n) is 10.3. The number of aliphatic hydroxyl groups excluding tert-OH is 9. The summed E-state index contributed by atoms with van der Waals surface area (Å²) >= 11 is 0. The van der Waals surface area contributed by atoms with Crippen LogP contribution in [0.4, 0.5) is 0 Å². The van der Waals surface area contributed by atoms with E-state index in [-0.39, 0.29) is 64.0 Å². The van der Waals surface area contributed by atoms with Gasteiger partial charge in [-0.05, 0) is 17.5 Å². The highest BCUT2D eigenvalue weighted by Crippen LogP contribution is 2.34. The molecule has 0 aliphatic carbocycles.